The minimum atomic E-state index is 0.274. The largest absolute Gasteiger partial charge is 0.493 e. The first kappa shape index (κ1) is 15.7. The summed E-state index contributed by atoms with van der Waals surface area (Å²) in [5.41, 5.74) is 2.96. The smallest absolute Gasteiger partial charge is 0.119 e. The second-order valence-electron chi connectivity index (χ2n) is 7.62. The highest BCUT2D eigenvalue weighted by Gasteiger charge is 2.32. The molecule has 0 amide bonds. The van der Waals surface area contributed by atoms with E-state index in [-0.39, 0.29) is 5.41 Å². The van der Waals surface area contributed by atoms with Gasteiger partial charge >= 0.3 is 0 Å². The van der Waals surface area contributed by atoms with Gasteiger partial charge in [0.05, 0.1) is 6.61 Å². The molecule has 3 heteroatoms. The van der Waals surface area contributed by atoms with Gasteiger partial charge in [0.1, 0.15) is 5.75 Å². The maximum absolute atomic E-state index is 6.19. The third-order valence-electron chi connectivity index (χ3n) is 5.14. The predicted molar refractivity (Wildman–Crippen MR) is 92.8 cm³/mol. The summed E-state index contributed by atoms with van der Waals surface area (Å²) in [5, 5.41) is 3.46. The highest BCUT2D eigenvalue weighted by molar-refractivity contribution is 5.55. The molecule has 0 bridgehead atoms. The second kappa shape index (κ2) is 6.49. The van der Waals surface area contributed by atoms with E-state index in [0.29, 0.717) is 6.04 Å². The monoisotopic (exact) mass is 302 g/mol. The molecular formula is C19H30N2O. The number of nitrogens with one attached hydrogen (secondary N) is 1. The Labute approximate surface area is 135 Å². The molecule has 3 rings (SSSR count). The van der Waals surface area contributed by atoms with E-state index < -0.39 is 0 Å². The van der Waals surface area contributed by atoms with Gasteiger partial charge in [-0.15, -0.1) is 0 Å². The van der Waals surface area contributed by atoms with Crippen LogP contribution in [0.5, 0.6) is 5.75 Å². The van der Waals surface area contributed by atoms with Crippen LogP contribution in [0.4, 0.5) is 5.69 Å². The summed E-state index contributed by atoms with van der Waals surface area (Å²) in [7, 11) is 0. The summed E-state index contributed by atoms with van der Waals surface area (Å²) in [6.07, 6.45) is 4.93. The molecule has 122 valence electrons. The van der Waals surface area contributed by atoms with Crippen molar-refractivity contribution in [2.75, 3.05) is 31.6 Å². The Balaban J connectivity index is 1.61. The van der Waals surface area contributed by atoms with Gasteiger partial charge in [-0.05, 0) is 69.8 Å². The zero-order valence-electron chi connectivity index (χ0n) is 14.3. The fourth-order valence-electron chi connectivity index (χ4n) is 3.71. The van der Waals surface area contributed by atoms with Gasteiger partial charge in [-0.25, -0.2) is 0 Å². The molecule has 1 N–H and O–H groups in total. The minimum absolute atomic E-state index is 0.274. The van der Waals surface area contributed by atoms with Crippen LogP contribution in [-0.2, 0) is 6.42 Å². The molecule has 0 aromatic heterocycles. The number of nitrogens with zero attached hydrogens (tertiary/aromatic N) is 1. The average molecular weight is 302 g/mol. The average Bonchev–Trinajstić information content (AvgIpc) is 2.53. The van der Waals surface area contributed by atoms with E-state index in [9.17, 15) is 0 Å². The van der Waals surface area contributed by atoms with E-state index >= 15 is 0 Å². The maximum Gasteiger partial charge on any atom is 0.119 e. The molecule has 2 heterocycles. The molecular weight excluding hydrogens is 272 g/mol. The molecule has 1 aromatic carbocycles. The fourth-order valence-corrected chi connectivity index (χ4v) is 3.71. The first-order valence-corrected chi connectivity index (χ1v) is 8.79. The molecule has 2 aliphatic heterocycles. The lowest BCUT2D eigenvalue weighted by Crippen LogP contribution is -2.47. The third-order valence-corrected chi connectivity index (χ3v) is 5.14. The Morgan fingerprint density at radius 1 is 1.32 bits per heavy atom. The van der Waals surface area contributed by atoms with Crippen LogP contribution >= 0.6 is 0 Å². The van der Waals surface area contributed by atoms with E-state index in [2.05, 4.69) is 49.2 Å². The summed E-state index contributed by atoms with van der Waals surface area (Å²) in [6.45, 7) is 11.3. The van der Waals surface area contributed by atoms with Gasteiger partial charge in [0, 0.05) is 30.2 Å². The Morgan fingerprint density at radius 3 is 3.00 bits per heavy atom. The van der Waals surface area contributed by atoms with Crippen molar-refractivity contribution in [2.45, 2.75) is 52.5 Å². The Bertz CT molecular complexity index is 514. The molecule has 0 spiro atoms. The molecule has 0 radical (unpaired) electrons. The van der Waals surface area contributed by atoms with Crippen LogP contribution in [0.2, 0.25) is 0 Å². The molecule has 1 atom stereocenters. The SMILES string of the molecule is CC(C)N1CCCC(C)(COc2ccc3c(c2)CCCN3)C1. The van der Waals surface area contributed by atoms with Crippen molar-refractivity contribution in [2.24, 2.45) is 5.41 Å². The van der Waals surface area contributed by atoms with Gasteiger partial charge in [0.25, 0.3) is 0 Å². The molecule has 2 aliphatic rings. The molecule has 0 aliphatic carbocycles. The Hall–Kier alpha value is -1.22. The highest BCUT2D eigenvalue weighted by Crippen LogP contribution is 2.32. The van der Waals surface area contributed by atoms with E-state index in [1.807, 2.05) is 0 Å². The number of aryl methyl sites for hydroxylation is 1. The van der Waals surface area contributed by atoms with Gasteiger partial charge in [0.2, 0.25) is 0 Å². The first-order chi connectivity index (χ1) is 10.6. The van der Waals surface area contributed by atoms with Crippen molar-refractivity contribution in [1.82, 2.24) is 4.90 Å². The molecule has 1 unspecified atom stereocenters. The predicted octanol–water partition coefficient (Wildman–Crippen LogP) is 3.93. The molecule has 0 saturated carbocycles. The number of likely N-dealkylation sites (tertiary alicyclic amines) is 1. The lowest BCUT2D eigenvalue weighted by atomic mass is 9.82. The number of piperidine rings is 1. The number of anilines is 1. The van der Waals surface area contributed by atoms with Crippen molar-refractivity contribution in [3.05, 3.63) is 23.8 Å². The summed E-state index contributed by atoms with van der Waals surface area (Å²) >= 11 is 0. The van der Waals surface area contributed by atoms with Crippen LogP contribution in [0.15, 0.2) is 18.2 Å². The summed E-state index contributed by atoms with van der Waals surface area (Å²) in [5.74, 6) is 1.03. The number of benzene rings is 1. The first-order valence-electron chi connectivity index (χ1n) is 8.79. The lowest BCUT2D eigenvalue weighted by Gasteiger charge is -2.42. The van der Waals surface area contributed by atoms with Crippen LogP contribution < -0.4 is 10.1 Å². The summed E-state index contributed by atoms with van der Waals surface area (Å²) in [4.78, 5) is 2.59. The second-order valence-corrected chi connectivity index (χ2v) is 7.62. The number of rotatable bonds is 4. The van der Waals surface area contributed by atoms with Crippen LogP contribution in [0.3, 0.4) is 0 Å². The quantitative estimate of drug-likeness (QED) is 0.912. The van der Waals surface area contributed by atoms with E-state index in [0.717, 1.165) is 31.9 Å². The molecule has 1 fully saturated rings. The van der Waals surface area contributed by atoms with Gasteiger partial charge in [-0.1, -0.05) is 6.92 Å². The molecule has 3 nitrogen and oxygen atoms in total. The van der Waals surface area contributed by atoms with Crippen molar-refractivity contribution in [3.8, 4) is 5.75 Å². The van der Waals surface area contributed by atoms with Gasteiger partial charge in [0.15, 0.2) is 0 Å². The number of hydrogen-bond donors (Lipinski definition) is 1. The summed E-state index contributed by atoms with van der Waals surface area (Å²) < 4.78 is 6.19. The van der Waals surface area contributed by atoms with E-state index in [1.165, 1.54) is 37.1 Å². The van der Waals surface area contributed by atoms with Crippen LogP contribution in [0.25, 0.3) is 0 Å². The minimum Gasteiger partial charge on any atom is -0.493 e. The zero-order valence-corrected chi connectivity index (χ0v) is 14.3. The zero-order chi connectivity index (χ0) is 15.6. The topological polar surface area (TPSA) is 24.5 Å². The normalized spacial score (nSPS) is 25.6. The van der Waals surface area contributed by atoms with Crippen LogP contribution in [-0.4, -0.2) is 37.2 Å². The van der Waals surface area contributed by atoms with Crippen molar-refractivity contribution >= 4 is 5.69 Å². The van der Waals surface area contributed by atoms with Crippen molar-refractivity contribution in [1.29, 1.82) is 0 Å². The molecule has 1 aromatic rings. The standard InChI is InChI=1S/C19H30N2O/c1-15(2)21-11-5-9-19(3,13-21)14-22-17-7-8-18-16(12-17)6-4-10-20-18/h7-8,12,15,20H,4-6,9-11,13-14H2,1-3H3. The third kappa shape index (κ3) is 3.57. The fraction of sp³-hybridized carbons (Fsp3) is 0.684. The maximum atomic E-state index is 6.19. The van der Waals surface area contributed by atoms with Crippen molar-refractivity contribution in [3.63, 3.8) is 0 Å². The van der Waals surface area contributed by atoms with Crippen LogP contribution in [0.1, 0.15) is 45.6 Å². The van der Waals surface area contributed by atoms with Crippen LogP contribution in [0, 0.1) is 5.41 Å². The summed E-state index contributed by atoms with van der Waals surface area (Å²) in [6, 6.07) is 7.15. The number of hydrogen-bond acceptors (Lipinski definition) is 3. The van der Waals surface area contributed by atoms with Gasteiger partial charge in [-0.3, -0.25) is 0 Å². The Kier molecular flexibility index (Phi) is 4.62. The highest BCUT2D eigenvalue weighted by atomic mass is 16.5. The van der Waals surface area contributed by atoms with E-state index in [1.54, 1.807) is 0 Å². The number of ether oxygens (including phenoxy) is 1. The van der Waals surface area contributed by atoms with Gasteiger partial charge in [-0.2, -0.15) is 0 Å². The Morgan fingerprint density at radius 2 is 2.18 bits per heavy atom. The molecule has 22 heavy (non-hydrogen) atoms. The van der Waals surface area contributed by atoms with Gasteiger partial charge < -0.3 is 15.0 Å². The lowest BCUT2D eigenvalue weighted by molar-refractivity contribution is 0.0405. The van der Waals surface area contributed by atoms with E-state index in [4.69, 9.17) is 4.74 Å². The number of fused-ring (bicyclic) bond motifs is 1. The molecule has 1 saturated heterocycles. The van der Waals surface area contributed by atoms with Crippen molar-refractivity contribution < 1.29 is 4.74 Å².